The minimum absolute atomic E-state index is 0.0596. The molecule has 1 aliphatic heterocycles. The first-order valence-corrected chi connectivity index (χ1v) is 7.57. The molecular formula is C19H18N2O2. The molecule has 0 spiro atoms. The third-order valence-electron chi connectivity index (χ3n) is 3.95. The molecule has 1 unspecified atom stereocenters. The lowest BCUT2D eigenvalue weighted by Crippen LogP contribution is -2.50. The molecule has 2 amide bonds. The molecule has 0 saturated heterocycles. The summed E-state index contributed by atoms with van der Waals surface area (Å²) in [4.78, 5) is 26.2. The van der Waals surface area contributed by atoms with Gasteiger partial charge >= 0.3 is 0 Å². The van der Waals surface area contributed by atoms with E-state index in [1.807, 2.05) is 42.5 Å². The van der Waals surface area contributed by atoms with Gasteiger partial charge in [-0.15, -0.1) is 0 Å². The van der Waals surface area contributed by atoms with E-state index >= 15 is 0 Å². The predicted molar refractivity (Wildman–Crippen MR) is 90.4 cm³/mol. The first kappa shape index (κ1) is 15.0. The molecule has 2 aromatic carbocycles. The molecule has 1 aliphatic rings. The molecule has 3 rings (SSSR count). The van der Waals surface area contributed by atoms with Gasteiger partial charge < -0.3 is 10.2 Å². The quantitative estimate of drug-likeness (QED) is 0.886. The van der Waals surface area contributed by atoms with E-state index in [1.54, 1.807) is 17.0 Å². The van der Waals surface area contributed by atoms with Gasteiger partial charge in [-0.2, -0.15) is 0 Å². The Hall–Kier alpha value is -2.88. The Kier molecular flexibility index (Phi) is 4.24. The van der Waals surface area contributed by atoms with Crippen LogP contribution in [0.3, 0.4) is 0 Å². The Balaban J connectivity index is 1.92. The van der Waals surface area contributed by atoms with Crippen LogP contribution >= 0.6 is 0 Å². The maximum absolute atomic E-state index is 12.9. The van der Waals surface area contributed by atoms with Crippen LogP contribution in [0.4, 0.5) is 5.69 Å². The lowest BCUT2D eigenvalue weighted by molar-refractivity contribution is -0.117. The van der Waals surface area contributed by atoms with E-state index in [0.29, 0.717) is 18.5 Å². The van der Waals surface area contributed by atoms with Crippen molar-refractivity contribution in [3.63, 3.8) is 0 Å². The molecule has 0 saturated carbocycles. The van der Waals surface area contributed by atoms with Gasteiger partial charge in [-0.25, -0.2) is 0 Å². The number of carbonyl (C=O) groups is 2. The average Bonchev–Trinajstić information content (AvgIpc) is 2.61. The Morgan fingerprint density at radius 2 is 1.78 bits per heavy atom. The fraction of sp³-hybridized carbons (Fsp3) is 0.158. The number of carbonyl (C=O) groups excluding carboxylic acids is 2. The highest BCUT2D eigenvalue weighted by atomic mass is 16.2. The summed E-state index contributed by atoms with van der Waals surface area (Å²) in [5.41, 5.74) is 2.60. The highest BCUT2D eigenvalue weighted by Crippen LogP contribution is 2.28. The van der Waals surface area contributed by atoms with Crippen LogP contribution in [0.5, 0.6) is 0 Å². The standard InChI is InChI=1S/C19H18N2O2/c1-2-18(22)20-16-12-15-10-6-7-11-17(15)21(13-16)19(23)14-8-4-3-5-9-14/h2-11,16H,1,12-13H2,(H,20,22). The first-order valence-electron chi connectivity index (χ1n) is 7.57. The van der Waals surface area contributed by atoms with Gasteiger partial charge in [-0.05, 0) is 36.3 Å². The zero-order valence-corrected chi connectivity index (χ0v) is 12.7. The van der Waals surface area contributed by atoms with Crippen molar-refractivity contribution >= 4 is 17.5 Å². The van der Waals surface area contributed by atoms with Crippen molar-refractivity contribution in [2.45, 2.75) is 12.5 Å². The van der Waals surface area contributed by atoms with Crippen LogP contribution in [0, 0.1) is 0 Å². The van der Waals surface area contributed by atoms with Gasteiger partial charge in [0.25, 0.3) is 5.91 Å². The lowest BCUT2D eigenvalue weighted by atomic mass is 9.97. The molecule has 0 bridgehead atoms. The van der Waals surface area contributed by atoms with Crippen molar-refractivity contribution in [1.29, 1.82) is 0 Å². The van der Waals surface area contributed by atoms with E-state index in [1.165, 1.54) is 6.08 Å². The number of nitrogens with zero attached hydrogens (tertiary/aromatic N) is 1. The molecule has 1 N–H and O–H groups in total. The number of anilines is 1. The van der Waals surface area contributed by atoms with Gasteiger partial charge in [0.2, 0.25) is 5.91 Å². The van der Waals surface area contributed by atoms with Crippen LogP contribution in [-0.4, -0.2) is 24.4 Å². The van der Waals surface area contributed by atoms with Crippen LogP contribution in [0.2, 0.25) is 0 Å². The first-order chi connectivity index (χ1) is 11.2. The molecule has 1 heterocycles. The van der Waals surface area contributed by atoms with Gasteiger partial charge in [0.15, 0.2) is 0 Å². The van der Waals surface area contributed by atoms with Crippen molar-refractivity contribution in [2.24, 2.45) is 0 Å². The second kappa shape index (κ2) is 6.48. The second-order valence-electron chi connectivity index (χ2n) is 5.52. The van der Waals surface area contributed by atoms with Crippen molar-refractivity contribution in [1.82, 2.24) is 5.32 Å². The highest BCUT2D eigenvalue weighted by Gasteiger charge is 2.29. The SMILES string of the molecule is C=CC(=O)NC1Cc2ccccc2N(C(=O)c2ccccc2)C1. The van der Waals surface area contributed by atoms with Gasteiger partial charge in [-0.3, -0.25) is 9.59 Å². The van der Waals surface area contributed by atoms with Crippen LogP contribution in [0.25, 0.3) is 0 Å². The predicted octanol–water partition coefficient (Wildman–Crippen LogP) is 2.56. The molecule has 1 atom stereocenters. The van der Waals surface area contributed by atoms with Crippen molar-refractivity contribution in [3.8, 4) is 0 Å². The normalized spacial score (nSPS) is 16.3. The number of para-hydroxylation sites is 1. The molecule has 0 aliphatic carbocycles. The van der Waals surface area contributed by atoms with Crippen molar-refractivity contribution in [3.05, 3.63) is 78.4 Å². The van der Waals surface area contributed by atoms with E-state index in [4.69, 9.17) is 0 Å². The Morgan fingerprint density at radius 1 is 1.09 bits per heavy atom. The van der Waals surface area contributed by atoms with Crippen molar-refractivity contribution < 1.29 is 9.59 Å². The summed E-state index contributed by atoms with van der Waals surface area (Å²) < 4.78 is 0. The van der Waals surface area contributed by atoms with E-state index in [2.05, 4.69) is 11.9 Å². The number of benzene rings is 2. The minimum atomic E-state index is -0.221. The van der Waals surface area contributed by atoms with E-state index in [9.17, 15) is 9.59 Å². The smallest absolute Gasteiger partial charge is 0.258 e. The largest absolute Gasteiger partial charge is 0.348 e. The summed E-state index contributed by atoms with van der Waals surface area (Å²) in [5.74, 6) is -0.280. The Morgan fingerprint density at radius 3 is 2.52 bits per heavy atom. The maximum Gasteiger partial charge on any atom is 0.258 e. The average molecular weight is 306 g/mol. The minimum Gasteiger partial charge on any atom is -0.348 e. The monoisotopic (exact) mass is 306 g/mol. The number of nitrogens with one attached hydrogen (secondary N) is 1. The summed E-state index contributed by atoms with van der Waals surface area (Å²) in [6, 6.07) is 16.9. The number of amides is 2. The molecular weight excluding hydrogens is 288 g/mol. The molecule has 0 fully saturated rings. The molecule has 2 aromatic rings. The number of fused-ring (bicyclic) bond motifs is 1. The van der Waals surface area contributed by atoms with E-state index in [0.717, 1.165) is 11.3 Å². The highest BCUT2D eigenvalue weighted by molar-refractivity contribution is 6.07. The van der Waals surface area contributed by atoms with Gasteiger partial charge in [-0.1, -0.05) is 43.0 Å². The van der Waals surface area contributed by atoms with Crippen LogP contribution in [0.1, 0.15) is 15.9 Å². The van der Waals surface area contributed by atoms with Gasteiger partial charge in [0.1, 0.15) is 0 Å². The molecule has 23 heavy (non-hydrogen) atoms. The van der Waals surface area contributed by atoms with Crippen LogP contribution in [-0.2, 0) is 11.2 Å². The maximum atomic E-state index is 12.9. The number of hydrogen-bond acceptors (Lipinski definition) is 2. The fourth-order valence-corrected chi connectivity index (χ4v) is 2.88. The van der Waals surface area contributed by atoms with E-state index in [-0.39, 0.29) is 17.9 Å². The number of rotatable bonds is 3. The van der Waals surface area contributed by atoms with Crippen LogP contribution in [0.15, 0.2) is 67.3 Å². The third-order valence-corrected chi connectivity index (χ3v) is 3.95. The zero-order chi connectivity index (χ0) is 16.2. The lowest BCUT2D eigenvalue weighted by Gasteiger charge is -2.35. The zero-order valence-electron chi connectivity index (χ0n) is 12.7. The topological polar surface area (TPSA) is 49.4 Å². The molecule has 4 nitrogen and oxygen atoms in total. The summed E-state index contributed by atoms with van der Waals surface area (Å²) in [6.07, 6.45) is 1.96. The molecule has 0 aromatic heterocycles. The van der Waals surface area contributed by atoms with Gasteiger partial charge in [0, 0.05) is 17.8 Å². The van der Waals surface area contributed by atoms with Gasteiger partial charge in [0.05, 0.1) is 6.04 Å². The second-order valence-corrected chi connectivity index (χ2v) is 5.52. The summed E-state index contributed by atoms with van der Waals surface area (Å²) in [7, 11) is 0. The Bertz CT molecular complexity index is 740. The molecule has 4 heteroatoms. The molecule has 0 radical (unpaired) electrons. The number of hydrogen-bond donors (Lipinski definition) is 1. The van der Waals surface area contributed by atoms with Crippen molar-refractivity contribution in [2.75, 3.05) is 11.4 Å². The Labute approximate surface area is 135 Å². The third kappa shape index (κ3) is 3.16. The van der Waals surface area contributed by atoms with E-state index < -0.39 is 0 Å². The summed E-state index contributed by atoms with van der Waals surface area (Å²) >= 11 is 0. The summed E-state index contributed by atoms with van der Waals surface area (Å²) in [5, 5.41) is 2.89. The summed E-state index contributed by atoms with van der Waals surface area (Å²) in [6.45, 7) is 3.93. The fourth-order valence-electron chi connectivity index (χ4n) is 2.88. The molecule has 116 valence electrons. The van der Waals surface area contributed by atoms with Crippen LogP contribution < -0.4 is 10.2 Å².